The Labute approximate surface area is 114 Å². The van der Waals surface area contributed by atoms with E-state index >= 15 is 0 Å². The second-order valence-corrected chi connectivity index (χ2v) is 6.27. The maximum atomic E-state index is 12.9. The molecule has 1 rings (SSSR count). The normalized spacial score (nSPS) is 10.9. The van der Waals surface area contributed by atoms with Crippen LogP contribution in [0.3, 0.4) is 0 Å². The van der Waals surface area contributed by atoms with Crippen LogP contribution in [0.1, 0.15) is 10.4 Å². The Kier molecular flexibility index (Phi) is 5.03. The number of anilines is 1. The molecule has 0 bridgehead atoms. The van der Waals surface area contributed by atoms with Gasteiger partial charge in [-0.25, -0.2) is 22.4 Å². The Morgan fingerprint density at radius 3 is 2.55 bits per heavy atom. The van der Waals surface area contributed by atoms with Crippen LogP contribution in [0.15, 0.2) is 18.2 Å². The smallest absolute Gasteiger partial charge is 0.337 e. The van der Waals surface area contributed by atoms with Gasteiger partial charge >= 0.3 is 12.0 Å². The quantitative estimate of drug-likeness (QED) is 0.741. The van der Waals surface area contributed by atoms with E-state index < -0.39 is 33.2 Å². The number of aromatic carboxylic acids is 1. The molecule has 0 aliphatic carbocycles. The van der Waals surface area contributed by atoms with Gasteiger partial charge in [0, 0.05) is 12.8 Å². The van der Waals surface area contributed by atoms with E-state index in [1.165, 1.54) is 0 Å². The highest BCUT2D eigenvalue weighted by molar-refractivity contribution is 7.90. The third-order valence-electron chi connectivity index (χ3n) is 2.22. The van der Waals surface area contributed by atoms with Crippen molar-refractivity contribution < 1.29 is 27.5 Å². The zero-order chi connectivity index (χ0) is 15.3. The molecule has 0 aliphatic heterocycles. The van der Waals surface area contributed by atoms with Gasteiger partial charge in [0.2, 0.25) is 0 Å². The molecule has 0 fully saturated rings. The number of carboxylic acids is 1. The first kappa shape index (κ1) is 15.9. The fourth-order valence-corrected chi connectivity index (χ4v) is 1.79. The third kappa shape index (κ3) is 5.22. The van der Waals surface area contributed by atoms with Gasteiger partial charge in [0.25, 0.3) is 0 Å². The van der Waals surface area contributed by atoms with Gasteiger partial charge < -0.3 is 15.7 Å². The Bertz CT molecular complexity index is 630. The third-order valence-corrected chi connectivity index (χ3v) is 3.16. The van der Waals surface area contributed by atoms with Crippen molar-refractivity contribution in [2.75, 3.05) is 23.9 Å². The van der Waals surface area contributed by atoms with Crippen LogP contribution in [0.25, 0.3) is 0 Å². The minimum Gasteiger partial charge on any atom is -0.478 e. The Morgan fingerprint density at radius 1 is 1.35 bits per heavy atom. The maximum Gasteiger partial charge on any atom is 0.337 e. The first-order valence-corrected chi connectivity index (χ1v) is 7.50. The summed E-state index contributed by atoms with van der Waals surface area (Å²) in [5, 5.41) is 13.3. The number of hydrogen-bond acceptors (Lipinski definition) is 4. The number of rotatable bonds is 5. The summed E-state index contributed by atoms with van der Waals surface area (Å²) in [6, 6.07) is 2.10. The van der Waals surface area contributed by atoms with Crippen LogP contribution >= 0.6 is 0 Å². The van der Waals surface area contributed by atoms with Gasteiger partial charge in [-0.05, 0) is 18.2 Å². The SMILES string of the molecule is CS(=O)(=O)CCNC(=O)Nc1ccc(F)cc1C(=O)O. The molecule has 0 saturated heterocycles. The molecule has 9 heteroatoms. The lowest BCUT2D eigenvalue weighted by Crippen LogP contribution is -2.33. The van der Waals surface area contributed by atoms with Crippen LogP contribution in [0.5, 0.6) is 0 Å². The van der Waals surface area contributed by atoms with Gasteiger partial charge in [-0.3, -0.25) is 0 Å². The molecule has 7 nitrogen and oxygen atoms in total. The monoisotopic (exact) mass is 304 g/mol. The Hall–Kier alpha value is -2.16. The van der Waals surface area contributed by atoms with Gasteiger partial charge in [0.15, 0.2) is 0 Å². The number of amides is 2. The molecule has 20 heavy (non-hydrogen) atoms. The molecule has 0 spiro atoms. The van der Waals surface area contributed by atoms with Crippen molar-refractivity contribution in [2.24, 2.45) is 0 Å². The Balaban J connectivity index is 2.69. The first-order valence-electron chi connectivity index (χ1n) is 5.44. The van der Waals surface area contributed by atoms with E-state index in [1.54, 1.807) is 0 Å². The highest BCUT2D eigenvalue weighted by atomic mass is 32.2. The van der Waals surface area contributed by atoms with Crippen molar-refractivity contribution in [3.8, 4) is 0 Å². The lowest BCUT2D eigenvalue weighted by molar-refractivity contribution is 0.0697. The van der Waals surface area contributed by atoms with Crippen molar-refractivity contribution in [1.82, 2.24) is 5.32 Å². The molecule has 0 unspecified atom stereocenters. The van der Waals surface area contributed by atoms with Crippen LogP contribution < -0.4 is 10.6 Å². The summed E-state index contributed by atoms with van der Waals surface area (Å²) in [5.74, 6) is -2.38. The predicted molar refractivity (Wildman–Crippen MR) is 70.1 cm³/mol. The van der Waals surface area contributed by atoms with Crippen molar-refractivity contribution in [3.63, 3.8) is 0 Å². The van der Waals surface area contributed by atoms with Crippen molar-refractivity contribution in [2.45, 2.75) is 0 Å². The molecule has 0 aromatic heterocycles. The minimum absolute atomic E-state index is 0.0873. The molecule has 0 aliphatic rings. The van der Waals surface area contributed by atoms with Crippen molar-refractivity contribution >= 4 is 27.5 Å². The van der Waals surface area contributed by atoms with Crippen LogP contribution in [0.4, 0.5) is 14.9 Å². The molecular formula is C11H13FN2O5S. The number of hydrogen-bond donors (Lipinski definition) is 3. The van der Waals surface area contributed by atoms with E-state index in [2.05, 4.69) is 10.6 Å². The minimum atomic E-state index is -3.21. The van der Waals surface area contributed by atoms with Gasteiger partial charge in [0.1, 0.15) is 15.7 Å². The van der Waals surface area contributed by atoms with E-state index in [4.69, 9.17) is 5.11 Å². The van der Waals surface area contributed by atoms with Crippen LogP contribution in [0, 0.1) is 5.82 Å². The zero-order valence-electron chi connectivity index (χ0n) is 10.5. The summed E-state index contributed by atoms with van der Waals surface area (Å²) >= 11 is 0. The molecule has 1 aromatic rings. The summed E-state index contributed by atoms with van der Waals surface area (Å²) in [4.78, 5) is 22.3. The topological polar surface area (TPSA) is 113 Å². The van der Waals surface area contributed by atoms with E-state index in [9.17, 15) is 22.4 Å². The summed E-state index contributed by atoms with van der Waals surface area (Å²) in [6.07, 6.45) is 1.02. The fourth-order valence-electron chi connectivity index (χ4n) is 1.32. The van der Waals surface area contributed by atoms with E-state index in [1.807, 2.05) is 0 Å². The summed E-state index contributed by atoms with van der Waals surface area (Å²) in [7, 11) is -3.21. The van der Waals surface area contributed by atoms with E-state index in [-0.39, 0.29) is 18.0 Å². The zero-order valence-corrected chi connectivity index (χ0v) is 11.3. The van der Waals surface area contributed by atoms with Crippen molar-refractivity contribution in [1.29, 1.82) is 0 Å². The first-order chi connectivity index (χ1) is 9.19. The number of halogens is 1. The van der Waals surface area contributed by atoms with Gasteiger partial charge in [-0.2, -0.15) is 0 Å². The molecule has 0 heterocycles. The van der Waals surface area contributed by atoms with Gasteiger partial charge in [-0.15, -0.1) is 0 Å². The largest absolute Gasteiger partial charge is 0.478 e. The van der Waals surface area contributed by atoms with Gasteiger partial charge in [0.05, 0.1) is 17.0 Å². The summed E-state index contributed by atoms with van der Waals surface area (Å²) in [6.45, 7) is -0.117. The number of carbonyl (C=O) groups is 2. The second-order valence-electron chi connectivity index (χ2n) is 4.01. The molecular weight excluding hydrogens is 291 g/mol. The van der Waals surface area contributed by atoms with Crippen LogP contribution in [-0.2, 0) is 9.84 Å². The van der Waals surface area contributed by atoms with Crippen LogP contribution in [-0.4, -0.2) is 44.1 Å². The predicted octanol–water partition coefficient (Wildman–Crippen LogP) is 0.690. The Morgan fingerprint density at radius 2 is 2.00 bits per heavy atom. The lowest BCUT2D eigenvalue weighted by Gasteiger charge is -2.09. The molecule has 110 valence electrons. The molecule has 0 saturated carbocycles. The number of carboxylic acid groups (broad SMARTS) is 1. The summed E-state index contributed by atoms with van der Waals surface area (Å²) < 4.78 is 34.6. The van der Waals surface area contributed by atoms with Crippen LogP contribution in [0.2, 0.25) is 0 Å². The van der Waals surface area contributed by atoms with E-state index in [0.717, 1.165) is 24.5 Å². The molecule has 0 radical (unpaired) electrons. The molecule has 1 aromatic carbocycles. The standard InChI is InChI=1S/C11H13FN2O5S/c1-20(18,19)5-4-13-11(17)14-9-3-2-7(12)6-8(9)10(15)16/h2-3,6H,4-5H2,1H3,(H,15,16)(H2,13,14,17). The van der Waals surface area contributed by atoms with Crippen molar-refractivity contribution in [3.05, 3.63) is 29.6 Å². The number of benzene rings is 1. The molecule has 2 amide bonds. The molecule has 0 atom stereocenters. The van der Waals surface area contributed by atoms with Gasteiger partial charge in [-0.1, -0.05) is 0 Å². The highest BCUT2D eigenvalue weighted by Gasteiger charge is 2.13. The summed E-state index contributed by atoms with van der Waals surface area (Å²) in [5.41, 5.74) is -0.487. The number of urea groups is 1. The highest BCUT2D eigenvalue weighted by Crippen LogP contribution is 2.16. The average Bonchev–Trinajstić information content (AvgIpc) is 2.29. The number of carbonyl (C=O) groups excluding carboxylic acids is 1. The number of nitrogens with one attached hydrogen (secondary N) is 2. The maximum absolute atomic E-state index is 12.9. The fraction of sp³-hybridized carbons (Fsp3) is 0.273. The average molecular weight is 304 g/mol. The lowest BCUT2D eigenvalue weighted by atomic mass is 10.2. The van der Waals surface area contributed by atoms with E-state index in [0.29, 0.717) is 0 Å². The molecule has 3 N–H and O–H groups in total. The second kappa shape index (κ2) is 6.33. The number of sulfone groups is 1.